The van der Waals surface area contributed by atoms with Crippen LogP contribution in [0, 0.1) is 13.8 Å². The zero-order valence-electron chi connectivity index (χ0n) is 17.1. The van der Waals surface area contributed by atoms with Crippen LogP contribution in [0.15, 0.2) is 35.1 Å². The third-order valence-electron chi connectivity index (χ3n) is 6.02. The Bertz CT molecular complexity index is 1350. The smallest absolute Gasteiger partial charge is 0.325 e. The van der Waals surface area contributed by atoms with Crippen LogP contribution in [0.1, 0.15) is 22.3 Å². The molecule has 1 unspecified atom stereocenters. The summed E-state index contributed by atoms with van der Waals surface area (Å²) in [5, 5.41) is 7.84. The minimum Gasteiger partial charge on any atom is -0.325 e. The minimum atomic E-state index is -0.949. The lowest BCUT2D eigenvalue weighted by Crippen LogP contribution is -2.47. The Morgan fingerprint density at radius 2 is 1.87 bits per heavy atom. The Hall–Kier alpha value is -3.88. The van der Waals surface area contributed by atoms with E-state index < -0.39 is 11.6 Å². The van der Waals surface area contributed by atoms with Gasteiger partial charge in [-0.2, -0.15) is 0 Å². The van der Waals surface area contributed by atoms with Crippen LogP contribution < -0.4 is 21.6 Å². The second-order valence-corrected chi connectivity index (χ2v) is 8.37. The number of anilines is 1. The van der Waals surface area contributed by atoms with Crippen LogP contribution in [0.25, 0.3) is 11.0 Å². The Morgan fingerprint density at radius 1 is 1.10 bits per heavy atom. The highest BCUT2D eigenvalue weighted by Crippen LogP contribution is 2.34. The number of hydrogen-bond donors (Lipinski definition) is 4. The van der Waals surface area contributed by atoms with Gasteiger partial charge >= 0.3 is 11.7 Å². The van der Waals surface area contributed by atoms with E-state index in [1.807, 2.05) is 38.1 Å². The van der Waals surface area contributed by atoms with Gasteiger partial charge in [-0.25, -0.2) is 9.59 Å². The van der Waals surface area contributed by atoms with Crippen molar-refractivity contribution in [3.63, 3.8) is 0 Å². The zero-order chi connectivity index (χ0) is 21.9. The fraction of sp³-hybridized carbons (Fsp3) is 0.273. The quantitative estimate of drug-likeness (QED) is 0.477. The van der Waals surface area contributed by atoms with Gasteiger partial charge in [-0.15, -0.1) is 0 Å². The summed E-state index contributed by atoms with van der Waals surface area (Å²) in [7, 11) is 0. The molecule has 9 heteroatoms. The van der Waals surface area contributed by atoms with Gasteiger partial charge in [0.15, 0.2) is 0 Å². The van der Waals surface area contributed by atoms with E-state index in [9.17, 15) is 19.2 Å². The van der Waals surface area contributed by atoms with Gasteiger partial charge < -0.3 is 15.6 Å². The van der Waals surface area contributed by atoms with Crippen LogP contribution in [0.3, 0.4) is 0 Å². The third-order valence-corrected chi connectivity index (χ3v) is 6.02. The molecule has 1 fully saturated rings. The maximum atomic E-state index is 12.7. The standard InChI is InChI=1S/C22H21N5O4/c1-11-5-12(2)18-16(6-11)27(21(31)24-18)10-17(28)23-15-4-3-13-8-22(9-14(13)7-15)19(29)25-20(30)26-22/h3-7H,8-10H2,1-2H3,(H,23,28)(H,24,31)(H2,25,26,29,30). The summed E-state index contributed by atoms with van der Waals surface area (Å²) in [6.45, 7) is 3.74. The van der Waals surface area contributed by atoms with Gasteiger partial charge in [-0.3, -0.25) is 19.5 Å². The molecule has 4 N–H and O–H groups in total. The average molecular weight is 419 g/mol. The van der Waals surface area contributed by atoms with Gasteiger partial charge in [0.1, 0.15) is 12.1 Å². The number of aryl methyl sites for hydroxylation is 2. The van der Waals surface area contributed by atoms with E-state index in [0.717, 1.165) is 27.8 Å². The summed E-state index contributed by atoms with van der Waals surface area (Å²) in [6, 6.07) is 8.79. The third kappa shape index (κ3) is 3.09. The number of imidazole rings is 1. The van der Waals surface area contributed by atoms with Crippen molar-refractivity contribution in [1.82, 2.24) is 20.2 Å². The molecule has 3 aromatic rings. The van der Waals surface area contributed by atoms with Crippen molar-refractivity contribution in [3.8, 4) is 0 Å². The molecule has 1 aromatic heterocycles. The van der Waals surface area contributed by atoms with Crippen LogP contribution >= 0.6 is 0 Å². The van der Waals surface area contributed by atoms with Gasteiger partial charge in [0, 0.05) is 18.5 Å². The maximum absolute atomic E-state index is 12.7. The SMILES string of the molecule is Cc1cc(C)c2[nH]c(=O)n(CC(=O)Nc3ccc4c(c3)CC3(C4)NC(=O)NC3=O)c2c1. The van der Waals surface area contributed by atoms with Gasteiger partial charge in [0.2, 0.25) is 5.91 Å². The van der Waals surface area contributed by atoms with Crippen molar-refractivity contribution in [2.24, 2.45) is 0 Å². The molecule has 1 spiro atoms. The Labute approximate surface area is 176 Å². The number of hydrogen-bond acceptors (Lipinski definition) is 4. The highest BCUT2D eigenvalue weighted by molar-refractivity contribution is 6.08. The molecule has 5 rings (SSSR count). The number of H-pyrrole nitrogens is 1. The molecule has 0 radical (unpaired) electrons. The van der Waals surface area contributed by atoms with Crippen LogP contribution in [-0.2, 0) is 29.0 Å². The number of imide groups is 1. The topological polar surface area (TPSA) is 125 Å². The molecule has 1 aliphatic carbocycles. The average Bonchev–Trinajstić information content (AvgIpc) is 3.29. The van der Waals surface area contributed by atoms with Crippen molar-refractivity contribution < 1.29 is 14.4 Å². The fourth-order valence-electron chi connectivity index (χ4n) is 4.64. The molecule has 4 amide bonds. The predicted octanol–water partition coefficient (Wildman–Crippen LogP) is 1.26. The van der Waals surface area contributed by atoms with E-state index in [1.54, 1.807) is 6.07 Å². The van der Waals surface area contributed by atoms with Crippen molar-refractivity contribution in [3.05, 3.63) is 63.1 Å². The molecule has 0 saturated carbocycles. The number of carbonyl (C=O) groups is 3. The highest BCUT2D eigenvalue weighted by atomic mass is 16.2. The Morgan fingerprint density at radius 3 is 2.61 bits per heavy atom. The summed E-state index contributed by atoms with van der Waals surface area (Å²) in [5.41, 5.74) is 4.51. The number of benzene rings is 2. The second kappa shape index (κ2) is 6.56. The molecule has 9 nitrogen and oxygen atoms in total. The van der Waals surface area contributed by atoms with E-state index >= 15 is 0 Å². The number of urea groups is 1. The molecule has 1 atom stereocenters. The molecule has 2 aliphatic rings. The van der Waals surface area contributed by atoms with Crippen LogP contribution in [0.5, 0.6) is 0 Å². The van der Waals surface area contributed by atoms with Gasteiger partial charge in [0.05, 0.1) is 11.0 Å². The monoisotopic (exact) mass is 419 g/mol. The molecule has 158 valence electrons. The summed E-state index contributed by atoms with van der Waals surface area (Å²) >= 11 is 0. The lowest BCUT2D eigenvalue weighted by Gasteiger charge is -2.18. The summed E-state index contributed by atoms with van der Waals surface area (Å²) in [6.07, 6.45) is 0.779. The first-order valence-electron chi connectivity index (χ1n) is 9.99. The summed E-state index contributed by atoms with van der Waals surface area (Å²) < 4.78 is 1.42. The second-order valence-electron chi connectivity index (χ2n) is 8.37. The summed E-state index contributed by atoms with van der Waals surface area (Å²) in [5.74, 6) is -0.662. The predicted molar refractivity (Wildman–Crippen MR) is 114 cm³/mol. The summed E-state index contributed by atoms with van der Waals surface area (Å²) in [4.78, 5) is 51.7. The molecule has 2 aromatic carbocycles. The molecule has 1 saturated heterocycles. The minimum absolute atomic E-state index is 0.124. The lowest BCUT2D eigenvalue weighted by atomic mass is 9.96. The van der Waals surface area contributed by atoms with E-state index in [4.69, 9.17) is 0 Å². The van der Waals surface area contributed by atoms with E-state index in [0.29, 0.717) is 24.0 Å². The zero-order valence-corrected chi connectivity index (χ0v) is 17.1. The first-order valence-corrected chi connectivity index (χ1v) is 9.99. The van der Waals surface area contributed by atoms with Crippen LogP contribution in [0.4, 0.5) is 10.5 Å². The number of aromatic nitrogens is 2. The first-order chi connectivity index (χ1) is 14.7. The Kier molecular flexibility index (Phi) is 4.04. The number of aromatic amines is 1. The lowest BCUT2D eigenvalue weighted by molar-refractivity contribution is -0.123. The van der Waals surface area contributed by atoms with Crippen molar-refractivity contribution >= 4 is 34.6 Å². The van der Waals surface area contributed by atoms with Gasteiger partial charge in [-0.1, -0.05) is 12.1 Å². The van der Waals surface area contributed by atoms with Gasteiger partial charge in [-0.05, 0) is 54.3 Å². The fourth-order valence-corrected chi connectivity index (χ4v) is 4.64. The molecular formula is C22H21N5O4. The normalized spacial score (nSPS) is 19.5. The molecule has 2 heterocycles. The first kappa shape index (κ1) is 19.1. The van der Waals surface area contributed by atoms with Crippen LogP contribution in [-0.4, -0.2) is 32.9 Å². The number of nitrogens with one attached hydrogen (secondary N) is 4. The van der Waals surface area contributed by atoms with E-state index in [1.165, 1.54) is 4.57 Å². The number of amides is 4. The number of rotatable bonds is 3. The Balaban J connectivity index is 1.36. The van der Waals surface area contributed by atoms with Gasteiger partial charge in [0.25, 0.3) is 5.91 Å². The molecule has 0 bridgehead atoms. The highest BCUT2D eigenvalue weighted by Gasteiger charge is 2.49. The number of fused-ring (bicyclic) bond motifs is 2. The molecular weight excluding hydrogens is 398 g/mol. The number of carbonyl (C=O) groups excluding carboxylic acids is 3. The van der Waals surface area contributed by atoms with E-state index in [2.05, 4.69) is 20.9 Å². The molecule has 31 heavy (non-hydrogen) atoms. The molecule has 1 aliphatic heterocycles. The van der Waals surface area contributed by atoms with Crippen molar-refractivity contribution in [2.75, 3.05) is 5.32 Å². The number of nitrogens with zero attached hydrogens (tertiary/aromatic N) is 1. The maximum Gasteiger partial charge on any atom is 0.326 e. The largest absolute Gasteiger partial charge is 0.326 e. The van der Waals surface area contributed by atoms with Crippen molar-refractivity contribution in [2.45, 2.75) is 38.8 Å². The van der Waals surface area contributed by atoms with Crippen LogP contribution in [0.2, 0.25) is 0 Å². The van der Waals surface area contributed by atoms with Crippen molar-refractivity contribution in [1.29, 1.82) is 0 Å². The van der Waals surface area contributed by atoms with E-state index in [-0.39, 0.29) is 24.0 Å².